The van der Waals surface area contributed by atoms with Crippen molar-refractivity contribution < 1.29 is 14.2 Å². The van der Waals surface area contributed by atoms with Gasteiger partial charge in [-0.25, -0.2) is 0 Å². The highest BCUT2D eigenvalue weighted by Gasteiger charge is 2.03. The molecule has 0 radical (unpaired) electrons. The van der Waals surface area contributed by atoms with Gasteiger partial charge in [-0.15, -0.1) is 0 Å². The summed E-state index contributed by atoms with van der Waals surface area (Å²) in [6.07, 6.45) is 0. The number of methoxy groups -OCH3 is 3. The molecule has 3 nitrogen and oxygen atoms in total. The lowest BCUT2D eigenvalue weighted by atomic mass is 10.2. The standard InChI is InChI=1S/C5H12O.C4H10O2/c1-5(2,3)6-4;1-5-3-4-6-2/h1-4H3;3-4H2,1-2H3. The van der Waals surface area contributed by atoms with E-state index < -0.39 is 0 Å². The van der Waals surface area contributed by atoms with Crippen LogP contribution < -0.4 is 0 Å². The van der Waals surface area contributed by atoms with Crippen molar-refractivity contribution in [2.45, 2.75) is 26.4 Å². The Bertz CT molecular complexity index is 72.3. The molecule has 0 rings (SSSR count). The van der Waals surface area contributed by atoms with Crippen LogP contribution in [0.15, 0.2) is 0 Å². The zero-order valence-electron chi connectivity index (χ0n) is 9.14. The van der Waals surface area contributed by atoms with Gasteiger partial charge < -0.3 is 14.2 Å². The van der Waals surface area contributed by atoms with Crippen LogP contribution in [0.4, 0.5) is 0 Å². The molecular formula is C9H22O3. The maximum absolute atomic E-state index is 4.94. The van der Waals surface area contributed by atoms with Gasteiger partial charge in [0.25, 0.3) is 0 Å². The summed E-state index contributed by atoms with van der Waals surface area (Å²) in [5.41, 5.74) is 0.0417. The first kappa shape index (κ1) is 14.4. The van der Waals surface area contributed by atoms with Gasteiger partial charge in [0.05, 0.1) is 18.8 Å². The minimum atomic E-state index is 0.0417. The van der Waals surface area contributed by atoms with Crippen LogP contribution in [-0.2, 0) is 14.2 Å². The Morgan fingerprint density at radius 2 is 1.08 bits per heavy atom. The van der Waals surface area contributed by atoms with Crippen molar-refractivity contribution in [3.05, 3.63) is 0 Å². The van der Waals surface area contributed by atoms with Crippen LogP contribution in [0.25, 0.3) is 0 Å². The first-order chi connectivity index (χ1) is 5.47. The molecule has 0 aliphatic rings. The van der Waals surface area contributed by atoms with E-state index in [-0.39, 0.29) is 5.60 Å². The average Bonchev–Trinajstić information content (AvgIpc) is 2.01. The first-order valence-corrected chi connectivity index (χ1v) is 4.01. The molecule has 0 bridgehead atoms. The van der Waals surface area contributed by atoms with Crippen LogP contribution in [0, 0.1) is 0 Å². The molecule has 76 valence electrons. The van der Waals surface area contributed by atoms with E-state index in [9.17, 15) is 0 Å². The van der Waals surface area contributed by atoms with Crippen LogP contribution in [-0.4, -0.2) is 40.1 Å². The molecule has 0 heterocycles. The molecule has 0 fully saturated rings. The molecular weight excluding hydrogens is 156 g/mol. The Kier molecular flexibility index (Phi) is 10.8. The van der Waals surface area contributed by atoms with Gasteiger partial charge in [-0.05, 0) is 20.8 Å². The molecule has 0 saturated carbocycles. The number of ether oxygens (including phenoxy) is 3. The fraction of sp³-hybridized carbons (Fsp3) is 1.00. The monoisotopic (exact) mass is 178 g/mol. The summed E-state index contributed by atoms with van der Waals surface area (Å²) in [5, 5.41) is 0. The summed E-state index contributed by atoms with van der Waals surface area (Å²) in [6.45, 7) is 7.44. The summed E-state index contributed by atoms with van der Waals surface area (Å²) in [5.74, 6) is 0. The summed E-state index contributed by atoms with van der Waals surface area (Å²) in [4.78, 5) is 0. The van der Waals surface area contributed by atoms with Crippen LogP contribution >= 0.6 is 0 Å². The van der Waals surface area contributed by atoms with Crippen molar-refractivity contribution in [3.8, 4) is 0 Å². The Morgan fingerprint density at radius 1 is 0.833 bits per heavy atom. The van der Waals surface area contributed by atoms with E-state index in [4.69, 9.17) is 4.74 Å². The zero-order valence-corrected chi connectivity index (χ0v) is 9.14. The van der Waals surface area contributed by atoms with Gasteiger partial charge in [0.2, 0.25) is 0 Å². The van der Waals surface area contributed by atoms with Crippen molar-refractivity contribution >= 4 is 0 Å². The molecule has 0 amide bonds. The lowest BCUT2D eigenvalue weighted by Crippen LogP contribution is -2.15. The molecule has 3 heteroatoms. The summed E-state index contributed by atoms with van der Waals surface area (Å²) in [6, 6.07) is 0. The Labute approximate surface area is 76.0 Å². The molecule has 0 aromatic carbocycles. The highest BCUT2D eigenvalue weighted by molar-refractivity contribution is 4.55. The van der Waals surface area contributed by atoms with Crippen molar-refractivity contribution in [1.82, 2.24) is 0 Å². The highest BCUT2D eigenvalue weighted by atomic mass is 16.5. The molecule has 0 atom stereocenters. The van der Waals surface area contributed by atoms with Crippen molar-refractivity contribution in [2.75, 3.05) is 34.5 Å². The summed E-state index contributed by atoms with van der Waals surface area (Å²) < 4.78 is 14.3. The second kappa shape index (κ2) is 8.97. The van der Waals surface area contributed by atoms with E-state index in [0.29, 0.717) is 13.2 Å². The van der Waals surface area contributed by atoms with Gasteiger partial charge in [0.1, 0.15) is 0 Å². The summed E-state index contributed by atoms with van der Waals surface area (Å²) in [7, 11) is 5.01. The number of hydrogen-bond acceptors (Lipinski definition) is 3. The minimum Gasteiger partial charge on any atom is -0.382 e. The van der Waals surface area contributed by atoms with E-state index >= 15 is 0 Å². The minimum absolute atomic E-state index is 0.0417. The van der Waals surface area contributed by atoms with E-state index in [1.165, 1.54) is 0 Å². The van der Waals surface area contributed by atoms with Gasteiger partial charge in [-0.3, -0.25) is 0 Å². The van der Waals surface area contributed by atoms with E-state index in [1.807, 2.05) is 20.8 Å². The van der Waals surface area contributed by atoms with E-state index in [2.05, 4.69) is 9.47 Å². The third-order valence-electron chi connectivity index (χ3n) is 1.10. The second-order valence-corrected chi connectivity index (χ2v) is 3.30. The van der Waals surface area contributed by atoms with Crippen LogP contribution in [0.3, 0.4) is 0 Å². The van der Waals surface area contributed by atoms with Crippen molar-refractivity contribution in [3.63, 3.8) is 0 Å². The Balaban J connectivity index is 0. The van der Waals surface area contributed by atoms with Gasteiger partial charge in [-0.1, -0.05) is 0 Å². The molecule has 12 heavy (non-hydrogen) atoms. The lowest BCUT2D eigenvalue weighted by molar-refractivity contribution is 0.0397. The fourth-order valence-electron chi connectivity index (χ4n) is 0.167. The third-order valence-corrected chi connectivity index (χ3v) is 1.10. The highest BCUT2D eigenvalue weighted by Crippen LogP contribution is 2.02. The van der Waals surface area contributed by atoms with Crippen LogP contribution in [0.5, 0.6) is 0 Å². The summed E-state index contributed by atoms with van der Waals surface area (Å²) >= 11 is 0. The first-order valence-electron chi connectivity index (χ1n) is 4.01. The second-order valence-electron chi connectivity index (χ2n) is 3.30. The third kappa shape index (κ3) is 22.5. The van der Waals surface area contributed by atoms with E-state index in [1.54, 1.807) is 21.3 Å². The molecule has 0 aliphatic heterocycles. The Morgan fingerprint density at radius 3 is 1.17 bits per heavy atom. The van der Waals surface area contributed by atoms with Gasteiger partial charge in [0, 0.05) is 21.3 Å². The number of hydrogen-bond donors (Lipinski definition) is 0. The van der Waals surface area contributed by atoms with Gasteiger partial charge in [-0.2, -0.15) is 0 Å². The molecule has 0 aliphatic carbocycles. The quantitative estimate of drug-likeness (QED) is 0.616. The van der Waals surface area contributed by atoms with Crippen LogP contribution in [0.2, 0.25) is 0 Å². The normalized spacial score (nSPS) is 10.5. The molecule has 0 aromatic heterocycles. The maximum atomic E-state index is 4.94. The zero-order chi connectivity index (χ0) is 10.0. The molecule has 0 saturated heterocycles. The number of rotatable bonds is 3. The SMILES string of the molecule is COC(C)(C)C.COCCOC. The average molecular weight is 178 g/mol. The smallest absolute Gasteiger partial charge is 0.0696 e. The molecule has 0 aromatic rings. The van der Waals surface area contributed by atoms with Gasteiger partial charge >= 0.3 is 0 Å². The van der Waals surface area contributed by atoms with E-state index in [0.717, 1.165) is 0 Å². The topological polar surface area (TPSA) is 27.7 Å². The van der Waals surface area contributed by atoms with Crippen molar-refractivity contribution in [1.29, 1.82) is 0 Å². The van der Waals surface area contributed by atoms with Crippen LogP contribution in [0.1, 0.15) is 20.8 Å². The Hall–Kier alpha value is -0.120. The predicted molar refractivity (Wildman–Crippen MR) is 50.5 cm³/mol. The molecule has 0 N–H and O–H groups in total. The lowest BCUT2D eigenvalue weighted by Gasteiger charge is -2.14. The maximum Gasteiger partial charge on any atom is 0.0696 e. The molecule has 0 unspecified atom stereocenters. The van der Waals surface area contributed by atoms with Gasteiger partial charge in [0.15, 0.2) is 0 Å². The van der Waals surface area contributed by atoms with Crippen molar-refractivity contribution in [2.24, 2.45) is 0 Å². The fourth-order valence-corrected chi connectivity index (χ4v) is 0.167. The largest absolute Gasteiger partial charge is 0.382 e. The molecule has 0 spiro atoms. The predicted octanol–water partition coefficient (Wildman–Crippen LogP) is 1.71.